The zero-order chi connectivity index (χ0) is 16.5. The summed E-state index contributed by atoms with van der Waals surface area (Å²) in [5.74, 6) is 0.509. The Bertz CT molecular complexity index is 501. The summed E-state index contributed by atoms with van der Waals surface area (Å²) >= 11 is 3.47. The van der Waals surface area contributed by atoms with Crippen LogP contribution in [0.1, 0.15) is 46.1 Å². The molecule has 0 aliphatic carbocycles. The molecule has 0 heterocycles. The van der Waals surface area contributed by atoms with Gasteiger partial charge in [-0.25, -0.2) is 0 Å². The van der Waals surface area contributed by atoms with Crippen LogP contribution in [0.2, 0.25) is 0 Å². The van der Waals surface area contributed by atoms with Crippen molar-refractivity contribution in [3.05, 3.63) is 52.3 Å². The summed E-state index contributed by atoms with van der Waals surface area (Å²) in [6.07, 6.45) is 6.33. The van der Waals surface area contributed by atoms with Gasteiger partial charge < -0.3 is 10.0 Å². The minimum atomic E-state index is 0.260. The first-order chi connectivity index (χ1) is 10.5. The van der Waals surface area contributed by atoms with Crippen molar-refractivity contribution >= 4 is 21.5 Å². The molecule has 0 saturated heterocycles. The van der Waals surface area contributed by atoms with Crippen LogP contribution in [0.3, 0.4) is 0 Å². The first kappa shape index (κ1) is 19.0. The molecule has 1 aromatic carbocycles. The van der Waals surface area contributed by atoms with Gasteiger partial charge in [0, 0.05) is 30.0 Å². The topological polar surface area (TPSA) is 23.5 Å². The Morgan fingerprint density at radius 1 is 1.18 bits per heavy atom. The number of halogens is 1. The van der Waals surface area contributed by atoms with Gasteiger partial charge in [0.25, 0.3) is 0 Å². The number of rotatable bonds is 8. The van der Waals surface area contributed by atoms with E-state index in [9.17, 15) is 5.11 Å². The molecule has 1 unspecified atom stereocenters. The molecule has 0 aromatic heterocycles. The molecule has 0 radical (unpaired) electrons. The van der Waals surface area contributed by atoms with E-state index in [2.05, 4.69) is 85.2 Å². The average molecular weight is 366 g/mol. The normalized spacial score (nSPS) is 12.9. The Balaban J connectivity index is 2.93. The monoisotopic (exact) mass is 365 g/mol. The molecule has 1 rings (SSSR count). The fraction of sp³-hybridized carbons (Fsp3) is 0.474. The molecule has 3 heteroatoms. The maximum absolute atomic E-state index is 9.19. The summed E-state index contributed by atoms with van der Waals surface area (Å²) in [4.78, 5) is 2.26. The molecule has 0 aliphatic heterocycles. The van der Waals surface area contributed by atoms with E-state index in [0.29, 0.717) is 5.92 Å². The predicted octanol–water partition coefficient (Wildman–Crippen LogP) is 5.44. The standard InChI is InChI=1S/C19H28BrNO/c1-5-17(10-11-22)14-21(12-15(2)3)13-16(4)18-6-8-19(20)9-7-18/h6-9,12-13,17,22H,5,10-11,14H2,1-4H3/b16-13+. The number of nitrogens with zero attached hydrogens (tertiary/aromatic N) is 1. The fourth-order valence-corrected chi connectivity index (χ4v) is 2.68. The molecular formula is C19H28BrNO. The van der Waals surface area contributed by atoms with Gasteiger partial charge in [0.15, 0.2) is 0 Å². The Labute approximate surface area is 143 Å². The number of aliphatic hydroxyl groups is 1. The molecular weight excluding hydrogens is 338 g/mol. The van der Waals surface area contributed by atoms with E-state index in [1.807, 2.05) is 0 Å². The highest BCUT2D eigenvalue weighted by atomic mass is 79.9. The summed E-state index contributed by atoms with van der Waals surface area (Å²) in [5.41, 5.74) is 3.74. The van der Waals surface area contributed by atoms with Crippen molar-refractivity contribution in [1.82, 2.24) is 4.90 Å². The highest BCUT2D eigenvalue weighted by Gasteiger charge is 2.09. The molecule has 0 aliphatic rings. The molecule has 0 fully saturated rings. The minimum Gasteiger partial charge on any atom is -0.396 e. The van der Waals surface area contributed by atoms with Crippen LogP contribution in [0.5, 0.6) is 0 Å². The smallest absolute Gasteiger partial charge is 0.0434 e. The van der Waals surface area contributed by atoms with E-state index in [4.69, 9.17) is 0 Å². The fourth-order valence-electron chi connectivity index (χ4n) is 2.42. The van der Waals surface area contributed by atoms with Crippen molar-refractivity contribution in [2.75, 3.05) is 13.2 Å². The van der Waals surface area contributed by atoms with Gasteiger partial charge in [-0.1, -0.05) is 47.0 Å². The molecule has 0 bridgehead atoms. The van der Waals surface area contributed by atoms with E-state index in [1.54, 1.807) is 0 Å². The van der Waals surface area contributed by atoms with Crippen molar-refractivity contribution < 1.29 is 5.11 Å². The first-order valence-corrected chi connectivity index (χ1v) is 8.71. The van der Waals surface area contributed by atoms with E-state index < -0.39 is 0 Å². The number of aliphatic hydroxyl groups excluding tert-OH is 1. The number of hydrogen-bond acceptors (Lipinski definition) is 2. The number of benzene rings is 1. The zero-order valence-electron chi connectivity index (χ0n) is 14.1. The Morgan fingerprint density at radius 2 is 1.82 bits per heavy atom. The second-order valence-electron chi connectivity index (χ2n) is 6.01. The van der Waals surface area contributed by atoms with Crippen molar-refractivity contribution in [2.24, 2.45) is 5.92 Å². The molecule has 0 amide bonds. The first-order valence-electron chi connectivity index (χ1n) is 7.92. The average Bonchev–Trinajstić information content (AvgIpc) is 2.46. The second kappa shape index (κ2) is 9.86. The van der Waals surface area contributed by atoms with Gasteiger partial charge in [-0.2, -0.15) is 0 Å². The van der Waals surface area contributed by atoms with Crippen LogP contribution < -0.4 is 0 Å². The summed E-state index contributed by atoms with van der Waals surface area (Å²) in [6.45, 7) is 9.76. The minimum absolute atomic E-state index is 0.260. The van der Waals surface area contributed by atoms with Gasteiger partial charge in [-0.3, -0.25) is 0 Å². The third-order valence-electron chi connectivity index (χ3n) is 3.67. The summed E-state index contributed by atoms with van der Waals surface area (Å²) in [6, 6.07) is 8.39. The summed E-state index contributed by atoms with van der Waals surface area (Å²) < 4.78 is 1.10. The maximum Gasteiger partial charge on any atom is 0.0434 e. The van der Waals surface area contributed by atoms with Crippen LogP contribution in [-0.2, 0) is 0 Å². The molecule has 22 heavy (non-hydrogen) atoms. The van der Waals surface area contributed by atoms with Gasteiger partial charge in [0.2, 0.25) is 0 Å². The molecule has 122 valence electrons. The maximum atomic E-state index is 9.19. The lowest BCUT2D eigenvalue weighted by atomic mass is 10.0. The molecule has 1 atom stereocenters. The SMILES string of the molecule is CCC(CCO)CN(C=C(C)C)/C=C(\C)c1ccc(Br)cc1. The highest BCUT2D eigenvalue weighted by molar-refractivity contribution is 9.10. The van der Waals surface area contributed by atoms with Crippen molar-refractivity contribution in [3.63, 3.8) is 0 Å². The van der Waals surface area contributed by atoms with Crippen LogP contribution in [0.25, 0.3) is 5.57 Å². The van der Waals surface area contributed by atoms with Gasteiger partial charge >= 0.3 is 0 Å². The van der Waals surface area contributed by atoms with E-state index >= 15 is 0 Å². The van der Waals surface area contributed by atoms with Crippen molar-refractivity contribution in [2.45, 2.75) is 40.5 Å². The zero-order valence-corrected chi connectivity index (χ0v) is 15.7. The Hall–Kier alpha value is -1.06. The van der Waals surface area contributed by atoms with Crippen LogP contribution in [0.4, 0.5) is 0 Å². The highest BCUT2D eigenvalue weighted by Crippen LogP contribution is 2.20. The van der Waals surface area contributed by atoms with Crippen LogP contribution in [0.15, 0.2) is 46.7 Å². The van der Waals surface area contributed by atoms with Crippen molar-refractivity contribution in [3.8, 4) is 0 Å². The predicted molar refractivity (Wildman–Crippen MR) is 99.4 cm³/mol. The lowest BCUT2D eigenvalue weighted by molar-refractivity contribution is 0.238. The van der Waals surface area contributed by atoms with E-state index in [1.165, 1.54) is 16.7 Å². The lowest BCUT2D eigenvalue weighted by Crippen LogP contribution is -2.21. The van der Waals surface area contributed by atoms with Gasteiger partial charge in [0.05, 0.1) is 0 Å². The summed E-state index contributed by atoms with van der Waals surface area (Å²) in [5, 5.41) is 9.19. The second-order valence-corrected chi connectivity index (χ2v) is 6.92. The van der Waals surface area contributed by atoms with Gasteiger partial charge in [0.1, 0.15) is 0 Å². The van der Waals surface area contributed by atoms with Gasteiger partial charge in [-0.05, 0) is 56.4 Å². The lowest BCUT2D eigenvalue weighted by Gasteiger charge is -2.24. The molecule has 0 saturated carbocycles. The number of hydrogen-bond donors (Lipinski definition) is 1. The quantitative estimate of drug-likeness (QED) is 0.662. The number of allylic oxidation sites excluding steroid dienone is 2. The van der Waals surface area contributed by atoms with E-state index in [0.717, 1.165) is 23.9 Å². The largest absolute Gasteiger partial charge is 0.396 e. The van der Waals surface area contributed by atoms with E-state index in [-0.39, 0.29) is 6.61 Å². The Kier molecular flexibility index (Phi) is 8.51. The Morgan fingerprint density at radius 3 is 2.32 bits per heavy atom. The third-order valence-corrected chi connectivity index (χ3v) is 4.20. The molecule has 1 aromatic rings. The van der Waals surface area contributed by atoms with Gasteiger partial charge in [-0.15, -0.1) is 0 Å². The van der Waals surface area contributed by atoms with Crippen LogP contribution in [-0.4, -0.2) is 23.2 Å². The molecule has 2 nitrogen and oxygen atoms in total. The van der Waals surface area contributed by atoms with Crippen LogP contribution in [0, 0.1) is 5.92 Å². The van der Waals surface area contributed by atoms with Crippen LogP contribution >= 0.6 is 15.9 Å². The van der Waals surface area contributed by atoms with Crippen molar-refractivity contribution in [1.29, 1.82) is 0 Å². The summed E-state index contributed by atoms with van der Waals surface area (Å²) in [7, 11) is 0. The molecule has 0 spiro atoms. The third kappa shape index (κ3) is 6.80. The molecule has 1 N–H and O–H groups in total.